The van der Waals surface area contributed by atoms with Gasteiger partial charge in [0.15, 0.2) is 0 Å². The molecule has 0 aliphatic heterocycles. The van der Waals surface area contributed by atoms with Crippen LogP contribution in [0.1, 0.15) is 12.5 Å². The molecule has 0 aliphatic carbocycles. The molecule has 0 bridgehead atoms. The summed E-state index contributed by atoms with van der Waals surface area (Å²) in [5.74, 6) is 0. The molecule has 1 nitrogen and oxygen atoms in total. The van der Waals surface area contributed by atoms with Gasteiger partial charge in [-0.3, -0.25) is 0 Å². The Bertz CT molecular complexity index is 259. The maximum absolute atomic E-state index is 7.10. The Labute approximate surface area is 66.9 Å². The number of nitrogens with one attached hydrogen (secondary N) is 1. The largest absolute Gasteiger partial charge is 0.308 e. The van der Waals surface area contributed by atoms with Crippen molar-refractivity contribution >= 4 is 11.8 Å². The predicted octanol–water partition coefficient (Wildman–Crippen LogP) is 2.74. The van der Waals surface area contributed by atoms with E-state index in [0.717, 1.165) is 11.1 Å². The summed E-state index contributed by atoms with van der Waals surface area (Å²) in [7, 11) is 0. The zero-order valence-corrected chi connectivity index (χ0v) is 6.54. The van der Waals surface area contributed by atoms with Crippen molar-refractivity contribution < 1.29 is 0 Å². The maximum atomic E-state index is 7.10. The topological polar surface area (TPSA) is 23.9 Å². The fraction of sp³-hybridized carbons (Fsp3) is 0.100. The van der Waals surface area contributed by atoms with Gasteiger partial charge in [0.1, 0.15) is 0 Å². The van der Waals surface area contributed by atoms with Crippen LogP contribution in [0.3, 0.4) is 0 Å². The quantitative estimate of drug-likeness (QED) is 0.619. The molecule has 0 radical (unpaired) electrons. The molecule has 0 saturated carbocycles. The van der Waals surface area contributed by atoms with Crippen LogP contribution in [0.5, 0.6) is 0 Å². The molecule has 0 aliphatic rings. The molecule has 1 aromatic carbocycles. The molecule has 0 spiro atoms. The molecule has 0 saturated heterocycles. The summed E-state index contributed by atoms with van der Waals surface area (Å²) in [6.45, 7) is 1.94. The van der Waals surface area contributed by atoms with Gasteiger partial charge in [-0.25, -0.2) is 0 Å². The third-order valence-electron chi connectivity index (χ3n) is 1.57. The van der Waals surface area contributed by atoms with Gasteiger partial charge in [-0.1, -0.05) is 36.4 Å². The molecule has 0 fully saturated rings. The molecule has 0 unspecified atom stereocenters. The van der Waals surface area contributed by atoms with Crippen molar-refractivity contribution in [2.24, 2.45) is 0 Å². The van der Waals surface area contributed by atoms with Crippen molar-refractivity contribution in [3.8, 4) is 0 Å². The van der Waals surface area contributed by atoms with Crippen molar-refractivity contribution in [2.45, 2.75) is 6.92 Å². The molecule has 1 heteroatoms. The molecule has 1 N–H and O–H groups in total. The van der Waals surface area contributed by atoms with Crippen LogP contribution in [-0.4, -0.2) is 6.21 Å². The van der Waals surface area contributed by atoms with Gasteiger partial charge in [-0.2, -0.15) is 0 Å². The first kappa shape index (κ1) is 7.73. The highest BCUT2D eigenvalue weighted by molar-refractivity contribution is 6.08. The van der Waals surface area contributed by atoms with E-state index >= 15 is 0 Å². The van der Waals surface area contributed by atoms with Crippen LogP contribution in [0.25, 0.3) is 5.57 Å². The van der Waals surface area contributed by atoms with E-state index in [0.29, 0.717) is 0 Å². The number of hydrogen-bond acceptors (Lipinski definition) is 1. The lowest BCUT2D eigenvalue weighted by molar-refractivity contribution is 1.55. The van der Waals surface area contributed by atoms with E-state index < -0.39 is 0 Å². The first-order valence-corrected chi connectivity index (χ1v) is 3.60. The smallest absolute Gasteiger partial charge is 0.0253 e. The maximum Gasteiger partial charge on any atom is 0.0253 e. The van der Waals surface area contributed by atoms with E-state index in [2.05, 4.69) is 0 Å². The Balaban J connectivity index is 3.01. The number of benzene rings is 1. The molecule has 1 rings (SSSR count). The van der Waals surface area contributed by atoms with Crippen molar-refractivity contribution in [1.82, 2.24) is 0 Å². The summed E-state index contributed by atoms with van der Waals surface area (Å²) in [5, 5.41) is 7.10. The number of hydrogen-bond donors (Lipinski definition) is 1. The third-order valence-corrected chi connectivity index (χ3v) is 1.57. The Kier molecular flexibility index (Phi) is 2.61. The highest BCUT2D eigenvalue weighted by atomic mass is 14.3. The van der Waals surface area contributed by atoms with Gasteiger partial charge < -0.3 is 5.41 Å². The third kappa shape index (κ3) is 1.77. The standard InChI is InChI=1S/C10H11N/c1-2-9(8-11)10-6-4-3-5-7-10/h2-8,11H,1H3/b9-2+,11-8?. The average molecular weight is 145 g/mol. The van der Waals surface area contributed by atoms with E-state index in [1.165, 1.54) is 6.21 Å². The van der Waals surface area contributed by atoms with Crippen LogP contribution >= 0.6 is 0 Å². The summed E-state index contributed by atoms with van der Waals surface area (Å²) < 4.78 is 0. The van der Waals surface area contributed by atoms with E-state index in [4.69, 9.17) is 5.41 Å². The second-order valence-corrected chi connectivity index (χ2v) is 2.25. The summed E-state index contributed by atoms with van der Waals surface area (Å²) in [6, 6.07) is 9.92. The summed E-state index contributed by atoms with van der Waals surface area (Å²) in [4.78, 5) is 0. The van der Waals surface area contributed by atoms with E-state index in [9.17, 15) is 0 Å². The monoisotopic (exact) mass is 145 g/mol. The first-order valence-electron chi connectivity index (χ1n) is 3.60. The lowest BCUT2D eigenvalue weighted by Crippen LogP contribution is -1.82. The van der Waals surface area contributed by atoms with Gasteiger partial charge in [-0.15, -0.1) is 0 Å². The second-order valence-electron chi connectivity index (χ2n) is 2.25. The molecular formula is C10H11N. The van der Waals surface area contributed by atoms with Gasteiger partial charge in [0, 0.05) is 6.21 Å². The van der Waals surface area contributed by atoms with Crippen molar-refractivity contribution in [3.05, 3.63) is 42.0 Å². The van der Waals surface area contributed by atoms with Crippen LogP contribution in [-0.2, 0) is 0 Å². The number of rotatable bonds is 2. The zero-order valence-electron chi connectivity index (χ0n) is 6.54. The minimum atomic E-state index is 0.964. The lowest BCUT2D eigenvalue weighted by Gasteiger charge is -1.97. The number of allylic oxidation sites excluding steroid dienone is 2. The van der Waals surface area contributed by atoms with Crippen LogP contribution in [0.15, 0.2) is 36.4 Å². The van der Waals surface area contributed by atoms with Crippen LogP contribution in [0.2, 0.25) is 0 Å². The van der Waals surface area contributed by atoms with E-state index in [1.54, 1.807) is 0 Å². The Morgan fingerprint density at radius 1 is 1.27 bits per heavy atom. The summed E-state index contributed by atoms with van der Waals surface area (Å²) in [6.07, 6.45) is 3.30. The highest BCUT2D eigenvalue weighted by Gasteiger charge is 1.92. The van der Waals surface area contributed by atoms with Crippen molar-refractivity contribution in [1.29, 1.82) is 5.41 Å². The SMILES string of the molecule is C/C=C(\C=N)c1ccccc1. The predicted molar refractivity (Wildman–Crippen MR) is 48.9 cm³/mol. The van der Waals surface area contributed by atoms with E-state index in [-0.39, 0.29) is 0 Å². The molecule has 0 atom stereocenters. The Morgan fingerprint density at radius 2 is 1.91 bits per heavy atom. The Morgan fingerprint density at radius 3 is 2.36 bits per heavy atom. The van der Waals surface area contributed by atoms with E-state index in [1.807, 2.05) is 43.3 Å². The van der Waals surface area contributed by atoms with Crippen LogP contribution in [0, 0.1) is 5.41 Å². The lowest BCUT2D eigenvalue weighted by atomic mass is 10.1. The fourth-order valence-electron chi connectivity index (χ4n) is 0.964. The van der Waals surface area contributed by atoms with Gasteiger partial charge in [0.05, 0.1) is 0 Å². The zero-order chi connectivity index (χ0) is 8.10. The van der Waals surface area contributed by atoms with Gasteiger partial charge in [-0.05, 0) is 18.1 Å². The minimum absolute atomic E-state index is 0.964. The summed E-state index contributed by atoms with van der Waals surface area (Å²) in [5.41, 5.74) is 2.07. The van der Waals surface area contributed by atoms with Crippen molar-refractivity contribution in [2.75, 3.05) is 0 Å². The summed E-state index contributed by atoms with van der Waals surface area (Å²) >= 11 is 0. The second kappa shape index (κ2) is 3.71. The van der Waals surface area contributed by atoms with Gasteiger partial charge >= 0.3 is 0 Å². The molecule has 56 valence electrons. The molecule has 11 heavy (non-hydrogen) atoms. The van der Waals surface area contributed by atoms with Gasteiger partial charge in [0.2, 0.25) is 0 Å². The Hall–Kier alpha value is -1.37. The first-order chi connectivity index (χ1) is 5.38. The van der Waals surface area contributed by atoms with Gasteiger partial charge in [0.25, 0.3) is 0 Å². The molecule has 0 aromatic heterocycles. The molecule has 1 aromatic rings. The highest BCUT2D eigenvalue weighted by Crippen LogP contribution is 2.10. The van der Waals surface area contributed by atoms with Crippen LogP contribution < -0.4 is 0 Å². The molecule has 0 amide bonds. The van der Waals surface area contributed by atoms with Crippen molar-refractivity contribution in [3.63, 3.8) is 0 Å². The normalized spacial score (nSPS) is 11.2. The average Bonchev–Trinajstić information content (AvgIpc) is 2.09. The molecule has 0 heterocycles. The molecular weight excluding hydrogens is 134 g/mol. The van der Waals surface area contributed by atoms with Crippen LogP contribution in [0.4, 0.5) is 0 Å². The minimum Gasteiger partial charge on any atom is -0.308 e. The fourth-order valence-corrected chi connectivity index (χ4v) is 0.964.